The SMILES string of the molecule is Cc1noc(C)c1CC(=O)N1CCC[C@H]1c1nc(N(C)C)ncc1-c1ccc(Cl)cc1. The van der Waals surface area contributed by atoms with Gasteiger partial charge in [-0.25, -0.2) is 9.97 Å². The zero-order chi connectivity index (χ0) is 22.1. The summed E-state index contributed by atoms with van der Waals surface area (Å²) >= 11 is 6.09. The number of rotatable bonds is 5. The number of aromatic nitrogens is 3. The van der Waals surface area contributed by atoms with E-state index >= 15 is 0 Å². The first-order valence-electron chi connectivity index (χ1n) is 10.4. The molecule has 0 unspecified atom stereocenters. The lowest BCUT2D eigenvalue weighted by Gasteiger charge is -2.27. The first-order chi connectivity index (χ1) is 14.8. The lowest BCUT2D eigenvalue weighted by atomic mass is 9.99. The Morgan fingerprint density at radius 2 is 2.00 bits per heavy atom. The third-order valence-electron chi connectivity index (χ3n) is 5.76. The lowest BCUT2D eigenvalue weighted by molar-refractivity contribution is -0.131. The van der Waals surface area contributed by atoms with Crippen LogP contribution in [0, 0.1) is 13.8 Å². The number of nitrogens with zero attached hydrogens (tertiary/aromatic N) is 5. The predicted octanol–water partition coefficient (Wildman–Crippen LogP) is 4.37. The topological polar surface area (TPSA) is 75.4 Å². The highest BCUT2D eigenvalue weighted by molar-refractivity contribution is 6.30. The Kier molecular flexibility index (Phi) is 5.96. The zero-order valence-corrected chi connectivity index (χ0v) is 19.0. The number of hydrogen-bond donors (Lipinski definition) is 0. The van der Waals surface area contributed by atoms with E-state index in [1.165, 1.54) is 0 Å². The fourth-order valence-electron chi connectivity index (χ4n) is 4.06. The Labute approximate surface area is 187 Å². The van der Waals surface area contributed by atoms with Crippen LogP contribution >= 0.6 is 11.6 Å². The van der Waals surface area contributed by atoms with E-state index in [1.807, 2.05) is 68.2 Å². The average molecular weight is 440 g/mol. The van der Waals surface area contributed by atoms with E-state index in [9.17, 15) is 4.79 Å². The molecule has 8 heteroatoms. The van der Waals surface area contributed by atoms with Gasteiger partial charge in [-0.05, 0) is 44.4 Å². The van der Waals surface area contributed by atoms with Gasteiger partial charge in [0.25, 0.3) is 0 Å². The van der Waals surface area contributed by atoms with Crippen LogP contribution in [0.4, 0.5) is 5.95 Å². The molecular weight excluding hydrogens is 414 g/mol. The van der Waals surface area contributed by atoms with Crippen LogP contribution in [-0.2, 0) is 11.2 Å². The molecule has 0 radical (unpaired) electrons. The minimum atomic E-state index is -0.111. The molecule has 1 fully saturated rings. The van der Waals surface area contributed by atoms with E-state index < -0.39 is 0 Å². The molecular formula is C23H26ClN5O2. The summed E-state index contributed by atoms with van der Waals surface area (Å²) in [7, 11) is 3.83. The molecule has 2 aromatic heterocycles. The number of hydrogen-bond acceptors (Lipinski definition) is 6. The smallest absolute Gasteiger partial charge is 0.227 e. The summed E-state index contributed by atoms with van der Waals surface area (Å²) < 4.78 is 5.24. The van der Waals surface area contributed by atoms with Gasteiger partial charge < -0.3 is 14.3 Å². The number of likely N-dealkylation sites (tertiary alicyclic amines) is 1. The van der Waals surface area contributed by atoms with Crippen LogP contribution in [0.25, 0.3) is 11.1 Å². The third-order valence-corrected chi connectivity index (χ3v) is 6.01. The van der Waals surface area contributed by atoms with Crippen LogP contribution in [0.15, 0.2) is 35.0 Å². The number of carbonyl (C=O) groups excluding carboxylic acids is 1. The molecule has 4 rings (SSSR count). The predicted molar refractivity (Wildman–Crippen MR) is 120 cm³/mol. The second kappa shape index (κ2) is 8.67. The van der Waals surface area contributed by atoms with E-state index in [0.717, 1.165) is 40.9 Å². The van der Waals surface area contributed by atoms with Gasteiger partial charge in [0, 0.05) is 43.0 Å². The van der Waals surface area contributed by atoms with Gasteiger partial charge in [0.05, 0.1) is 23.9 Å². The summed E-state index contributed by atoms with van der Waals surface area (Å²) in [4.78, 5) is 26.5. The highest BCUT2D eigenvalue weighted by Crippen LogP contribution is 2.38. The van der Waals surface area contributed by atoms with E-state index in [1.54, 1.807) is 0 Å². The summed E-state index contributed by atoms with van der Waals surface area (Å²) in [5, 5.41) is 4.66. The Balaban J connectivity index is 1.71. The van der Waals surface area contributed by atoms with E-state index in [0.29, 0.717) is 23.3 Å². The lowest BCUT2D eigenvalue weighted by Crippen LogP contribution is -2.33. The molecule has 1 atom stereocenters. The molecule has 1 aliphatic heterocycles. The zero-order valence-electron chi connectivity index (χ0n) is 18.2. The van der Waals surface area contributed by atoms with Crippen LogP contribution in [0.2, 0.25) is 5.02 Å². The molecule has 1 aromatic carbocycles. The van der Waals surface area contributed by atoms with Gasteiger partial charge in [-0.1, -0.05) is 28.9 Å². The number of amides is 1. The molecule has 0 saturated carbocycles. The molecule has 1 amide bonds. The molecule has 7 nitrogen and oxygen atoms in total. The maximum Gasteiger partial charge on any atom is 0.227 e. The van der Waals surface area contributed by atoms with Gasteiger partial charge in [0.1, 0.15) is 5.76 Å². The first-order valence-corrected chi connectivity index (χ1v) is 10.7. The third kappa shape index (κ3) is 4.28. The number of benzene rings is 1. The largest absolute Gasteiger partial charge is 0.361 e. The van der Waals surface area contributed by atoms with Gasteiger partial charge >= 0.3 is 0 Å². The van der Waals surface area contributed by atoms with Crippen LogP contribution < -0.4 is 4.90 Å². The molecule has 0 bridgehead atoms. The summed E-state index contributed by atoms with van der Waals surface area (Å²) in [6, 6.07) is 7.53. The van der Waals surface area contributed by atoms with Crippen LogP contribution in [-0.4, -0.2) is 46.6 Å². The van der Waals surface area contributed by atoms with Crippen molar-refractivity contribution in [1.29, 1.82) is 0 Å². The fourth-order valence-corrected chi connectivity index (χ4v) is 4.19. The minimum Gasteiger partial charge on any atom is -0.361 e. The molecule has 1 aliphatic rings. The molecule has 3 heterocycles. The average Bonchev–Trinajstić information content (AvgIpc) is 3.36. The number of carbonyl (C=O) groups is 1. The van der Waals surface area contributed by atoms with Gasteiger partial charge in [-0.15, -0.1) is 0 Å². The molecule has 0 spiro atoms. The van der Waals surface area contributed by atoms with Crippen molar-refractivity contribution in [3.63, 3.8) is 0 Å². The minimum absolute atomic E-state index is 0.0592. The Morgan fingerprint density at radius 3 is 2.65 bits per heavy atom. The fraction of sp³-hybridized carbons (Fsp3) is 0.391. The normalized spacial score (nSPS) is 16.0. The molecule has 3 aromatic rings. The van der Waals surface area contributed by atoms with Crippen molar-refractivity contribution in [3.8, 4) is 11.1 Å². The Bertz CT molecular complexity index is 1070. The maximum absolute atomic E-state index is 13.3. The summed E-state index contributed by atoms with van der Waals surface area (Å²) in [6.07, 6.45) is 3.91. The molecule has 0 N–H and O–H groups in total. The van der Waals surface area contributed by atoms with Crippen molar-refractivity contribution in [2.75, 3.05) is 25.5 Å². The second-order valence-corrected chi connectivity index (χ2v) is 8.53. The standard InChI is InChI=1S/C23H26ClN5O2/c1-14-18(15(2)31-27-14)12-21(30)29-11-5-6-20(29)22-19(13-25-23(26-22)28(3)4)16-7-9-17(24)10-8-16/h7-10,13,20H,5-6,11-12H2,1-4H3/t20-/m0/s1. The maximum atomic E-state index is 13.3. The van der Waals surface area contributed by atoms with Gasteiger partial charge in [-0.3, -0.25) is 4.79 Å². The van der Waals surface area contributed by atoms with E-state index in [2.05, 4.69) is 10.1 Å². The van der Waals surface area contributed by atoms with Gasteiger partial charge in [0.15, 0.2) is 0 Å². The van der Waals surface area contributed by atoms with E-state index in [-0.39, 0.29) is 18.4 Å². The summed E-state index contributed by atoms with van der Waals surface area (Å²) in [5.74, 6) is 1.38. The number of anilines is 1. The van der Waals surface area contributed by atoms with Crippen molar-refractivity contribution >= 4 is 23.5 Å². The molecule has 0 aliphatic carbocycles. The Hall–Kier alpha value is -2.93. The summed E-state index contributed by atoms with van der Waals surface area (Å²) in [6.45, 7) is 4.41. The highest BCUT2D eigenvalue weighted by Gasteiger charge is 2.34. The van der Waals surface area contributed by atoms with Crippen LogP contribution in [0.1, 0.15) is 41.6 Å². The van der Waals surface area contributed by atoms with Gasteiger partial charge in [-0.2, -0.15) is 0 Å². The van der Waals surface area contributed by atoms with Crippen molar-refractivity contribution in [2.24, 2.45) is 0 Å². The van der Waals surface area contributed by atoms with E-state index in [4.69, 9.17) is 21.1 Å². The van der Waals surface area contributed by atoms with Crippen molar-refractivity contribution < 1.29 is 9.32 Å². The second-order valence-electron chi connectivity index (χ2n) is 8.09. The highest BCUT2D eigenvalue weighted by atomic mass is 35.5. The molecule has 31 heavy (non-hydrogen) atoms. The molecule has 1 saturated heterocycles. The number of halogens is 1. The monoisotopic (exact) mass is 439 g/mol. The first kappa shape index (κ1) is 21.3. The van der Waals surface area contributed by atoms with Crippen LogP contribution in [0.3, 0.4) is 0 Å². The van der Waals surface area contributed by atoms with Crippen LogP contribution in [0.5, 0.6) is 0 Å². The van der Waals surface area contributed by atoms with Crippen molar-refractivity contribution in [2.45, 2.75) is 39.2 Å². The van der Waals surface area contributed by atoms with Gasteiger partial charge in [0.2, 0.25) is 11.9 Å². The van der Waals surface area contributed by atoms with Crippen molar-refractivity contribution in [1.82, 2.24) is 20.0 Å². The summed E-state index contributed by atoms with van der Waals surface area (Å²) in [5.41, 5.74) is 4.40. The van der Waals surface area contributed by atoms with Crippen molar-refractivity contribution in [3.05, 3.63) is 58.2 Å². The molecule has 162 valence electrons. The Morgan fingerprint density at radius 1 is 1.26 bits per heavy atom. The number of aryl methyl sites for hydroxylation is 2. The quantitative estimate of drug-likeness (QED) is 0.587.